The summed E-state index contributed by atoms with van der Waals surface area (Å²) in [5.74, 6) is 0. The van der Waals surface area contributed by atoms with Gasteiger partial charge in [0, 0.05) is 6.54 Å². The van der Waals surface area contributed by atoms with E-state index in [0.29, 0.717) is 11.7 Å². The fourth-order valence-electron chi connectivity index (χ4n) is 4.12. The van der Waals surface area contributed by atoms with E-state index in [0.717, 1.165) is 13.1 Å². The average Bonchev–Trinajstić information content (AvgIpc) is 3.14. The Bertz CT molecular complexity index is 270. The molecule has 3 heteroatoms. The van der Waals surface area contributed by atoms with Gasteiger partial charge in [-0.3, -0.25) is 0 Å². The van der Waals surface area contributed by atoms with Gasteiger partial charge in [0.1, 0.15) is 0 Å². The molecule has 0 aromatic rings. The second kappa shape index (κ2) is 6.55. The van der Waals surface area contributed by atoms with Crippen LogP contribution in [0.15, 0.2) is 0 Å². The maximum atomic E-state index is 6.32. The standard InChI is InChI=1S/C16H30N2O/c1-2-8-16(7-1)9-6-15(19-16)14-17-10-5-13-18-11-3-4-12-18/h15,17H,1-14H2. The maximum absolute atomic E-state index is 6.32. The van der Waals surface area contributed by atoms with Crippen molar-refractivity contribution in [3.63, 3.8) is 0 Å². The topological polar surface area (TPSA) is 24.5 Å². The van der Waals surface area contributed by atoms with Gasteiger partial charge < -0.3 is 15.0 Å². The van der Waals surface area contributed by atoms with E-state index in [1.54, 1.807) is 0 Å². The Morgan fingerprint density at radius 2 is 1.84 bits per heavy atom. The van der Waals surface area contributed by atoms with Crippen molar-refractivity contribution in [2.75, 3.05) is 32.7 Å². The van der Waals surface area contributed by atoms with Crippen molar-refractivity contribution < 1.29 is 4.74 Å². The lowest BCUT2D eigenvalue weighted by Crippen LogP contribution is -2.32. The summed E-state index contributed by atoms with van der Waals surface area (Å²) < 4.78 is 6.32. The Balaban J connectivity index is 1.24. The summed E-state index contributed by atoms with van der Waals surface area (Å²) in [6.07, 6.45) is 12.6. The molecule has 1 N–H and O–H groups in total. The van der Waals surface area contributed by atoms with Crippen LogP contribution in [-0.2, 0) is 4.74 Å². The summed E-state index contributed by atoms with van der Waals surface area (Å²) in [5.41, 5.74) is 0.307. The van der Waals surface area contributed by atoms with Crippen molar-refractivity contribution >= 4 is 0 Å². The summed E-state index contributed by atoms with van der Waals surface area (Å²) in [4.78, 5) is 2.60. The SMILES string of the molecule is C1CCN(CCCNCC2CCC3(CCCC3)O2)C1. The molecule has 3 fully saturated rings. The van der Waals surface area contributed by atoms with Crippen LogP contribution in [0.5, 0.6) is 0 Å². The lowest BCUT2D eigenvalue weighted by Gasteiger charge is -2.24. The molecular formula is C16H30N2O. The molecule has 2 aliphatic heterocycles. The van der Waals surface area contributed by atoms with Gasteiger partial charge in [0.05, 0.1) is 11.7 Å². The number of rotatable bonds is 6. The summed E-state index contributed by atoms with van der Waals surface area (Å²) in [7, 11) is 0. The first-order chi connectivity index (χ1) is 9.36. The van der Waals surface area contributed by atoms with E-state index in [-0.39, 0.29) is 0 Å². The minimum atomic E-state index is 0.307. The van der Waals surface area contributed by atoms with Gasteiger partial charge in [-0.25, -0.2) is 0 Å². The van der Waals surface area contributed by atoms with Crippen LogP contribution in [-0.4, -0.2) is 49.3 Å². The van der Waals surface area contributed by atoms with E-state index in [9.17, 15) is 0 Å². The average molecular weight is 266 g/mol. The molecule has 2 saturated heterocycles. The molecule has 1 atom stereocenters. The molecule has 2 heterocycles. The quantitative estimate of drug-likeness (QED) is 0.748. The highest BCUT2D eigenvalue weighted by Crippen LogP contribution is 2.43. The molecule has 0 aromatic heterocycles. The van der Waals surface area contributed by atoms with Gasteiger partial charge in [-0.15, -0.1) is 0 Å². The van der Waals surface area contributed by atoms with Gasteiger partial charge in [-0.1, -0.05) is 12.8 Å². The number of hydrogen-bond donors (Lipinski definition) is 1. The highest BCUT2D eigenvalue weighted by atomic mass is 16.5. The molecule has 0 bridgehead atoms. The van der Waals surface area contributed by atoms with E-state index in [4.69, 9.17) is 4.74 Å². The first-order valence-corrected chi connectivity index (χ1v) is 8.47. The molecule has 1 aliphatic carbocycles. The van der Waals surface area contributed by atoms with Gasteiger partial charge in [-0.2, -0.15) is 0 Å². The molecule has 0 radical (unpaired) electrons. The summed E-state index contributed by atoms with van der Waals surface area (Å²) in [6, 6.07) is 0. The maximum Gasteiger partial charge on any atom is 0.0708 e. The van der Waals surface area contributed by atoms with Crippen LogP contribution in [0.4, 0.5) is 0 Å². The van der Waals surface area contributed by atoms with E-state index in [1.165, 1.54) is 77.4 Å². The predicted molar refractivity (Wildman–Crippen MR) is 78.5 cm³/mol. The Morgan fingerprint density at radius 1 is 1.05 bits per heavy atom. The van der Waals surface area contributed by atoms with Crippen LogP contribution in [0.25, 0.3) is 0 Å². The molecule has 1 saturated carbocycles. The summed E-state index contributed by atoms with van der Waals surface area (Å²) >= 11 is 0. The molecule has 1 spiro atoms. The largest absolute Gasteiger partial charge is 0.370 e. The first-order valence-electron chi connectivity index (χ1n) is 8.47. The fraction of sp³-hybridized carbons (Fsp3) is 1.00. The van der Waals surface area contributed by atoms with Gasteiger partial charge in [-0.05, 0) is 71.1 Å². The third kappa shape index (κ3) is 3.71. The molecule has 3 rings (SSSR count). The van der Waals surface area contributed by atoms with Crippen LogP contribution in [0.1, 0.15) is 57.8 Å². The van der Waals surface area contributed by atoms with Crippen LogP contribution >= 0.6 is 0 Å². The van der Waals surface area contributed by atoms with Crippen LogP contribution in [0.2, 0.25) is 0 Å². The molecule has 19 heavy (non-hydrogen) atoms. The smallest absolute Gasteiger partial charge is 0.0708 e. The molecule has 0 amide bonds. The highest BCUT2D eigenvalue weighted by Gasteiger charge is 2.41. The minimum Gasteiger partial charge on any atom is -0.370 e. The van der Waals surface area contributed by atoms with Crippen molar-refractivity contribution in [1.82, 2.24) is 10.2 Å². The minimum absolute atomic E-state index is 0.307. The zero-order valence-electron chi connectivity index (χ0n) is 12.3. The molecule has 3 nitrogen and oxygen atoms in total. The highest BCUT2D eigenvalue weighted by molar-refractivity contribution is 4.93. The van der Waals surface area contributed by atoms with Gasteiger partial charge in [0.2, 0.25) is 0 Å². The molecule has 110 valence electrons. The van der Waals surface area contributed by atoms with Crippen LogP contribution in [0, 0.1) is 0 Å². The number of likely N-dealkylation sites (tertiary alicyclic amines) is 1. The van der Waals surface area contributed by atoms with Crippen molar-refractivity contribution in [2.45, 2.75) is 69.5 Å². The summed E-state index contributed by atoms with van der Waals surface area (Å²) in [5, 5.41) is 3.61. The third-order valence-corrected chi connectivity index (χ3v) is 5.25. The van der Waals surface area contributed by atoms with E-state index < -0.39 is 0 Å². The molecule has 3 aliphatic rings. The fourth-order valence-corrected chi connectivity index (χ4v) is 4.12. The van der Waals surface area contributed by atoms with E-state index >= 15 is 0 Å². The summed E-state index contributed by atoms with van der Waals surface area (Å²) in [6.45, 7) is 6.16. The zero-order valence-corrected chi connectivity index (χ0v) is 12.3. The molecular weight excluding hydrogens is 236 g/mol. The second-order valence-corrected chi connectivity index (χ2v) is 6.78. The van der Waals surface area contributed by atoms with E-state index in [2.05, 4.69) is 10.2 Å². The number of hydrogen-bond acceptors (Lipinski definition) is 3. The molecule has 1 unspecified atom stereocenters. The van der Waals surface area contributed by atoms with Crippen molar-refractivity contribution in [3.8, 4) is 0 Å². The lowest BCUT2D eigenvalue weighted by atomic mass is 9.98. The Hall–Kier alpha value is -0.120. The second-order valence-electron chi connectivity index (χ2n) is 6.78. The third-order valence-electron chi connectivity index (χ3n) is 5.25. The normalized spacial score (nSPS) is 30.6. The first kappa shape index (κ1) is 13.8. The van der Waals surface area contributed by atoms with Gasteiger partial charge in [0.25, 0.3) is 0 Å². The van der Waals surface area contributed by atoms with Crippen LogP contribution < -0.4 is 5.32 Å². The lowest BCUT2D eigenvalue weighted by molar-refractivity contribution is -0.0350. The zero-order chi connectivity index (χ0) is 13.0. The number of ether oxygens (including phenoxy) is 1. The van der Waals surface area contributed by atoms with E-state index in [1.807, 2.05) is 0 Å². The Labute approximate surface area is 118 Å². The van der Waals surface area contributed by atoms with Gasteiger partial charge in [0.15, 0.2) is 0 Å². The Kier molecular flexibility index (Phi) is 4.78. The predicted octanol–water partition coefficient (Wildman–Crippen LogP) is 2.55. The Morgan fingerprint density at radius 3 is 2.63 bits per heavy atom. The van der Waals surface area contributed by atoms with Gasteiger partial charge >= 0.3 is 0 Å². The number of nitrogens with one attached hydrogen (secondary N) is 1. The van der Waals surface area contributed by atoms with Crippen molar-refractivity contribution in [2.24, 2.45) is 0 Å². The van der Waals surface area contributed by atoms with Crippen molar-refractivity contribution in [1.29, 1.82) is 0 Å². The van der Waals surface area contributed by atoms with Crippen LogP contribution in [0.3, 0.4) is 0 Å². The van der Waals surface area contributed by atoms with Crippen molar-refractivity contribution in [3.05, 3.63) is 0 Å². The molecule has 0 aromatic carbocycles. The number of nitrogens with zero attached hydrogens (tertiary/aromatic N) is 1. The monoisotopic (exact) mass is 266 g/mol.